The normalized spacial score (nSPS) is 11.2. The van der Waals surface area contributed by atoms with Crippen LogP contribution in [0.4, 0.5) is 0 Å². The van der Waals surface area contributed by atoms with Crippen LogP contribution < -0.4 is 5.56 Å². The summed E-state index contributed by atoms with van der Waals surface area (Å²) in [7, 11) is 0. The molecular weight excluding hydrogens is 388 g/mol. The third-order valence-electron chi connectivity index (χ3n) is 3.79. The predicted molar refractivity (Wildman–Crippen MR) is 107 cm³/mol. The molecule has 0 saturated heterocycles. The fourth-order valence-electron chi connectivity index (χ4n) is 2.57. The van der Waals surface area contributed by atoms with Gasteiger partial charge in [0.2, 0.25) is 5.13 Å². The minimum atomic E-state index is -0.167. The molecule has 2 heterocycles. The first-order valence-electron chi connectivity index (χ1n) is 7.81. The number of rotatable bonds is 4. The van der Waals surface area contributed by atoms with E-state index in [4.69, 9.17) is 11.6 Å². The maximum atomic E-state index is 12.9. The van der Waals surface area contributed by atoms with Gasteiger partial charge in [0.15, 0.2) is 4.34 Å². The third-order valence-corrected chi connectivity index (χ3v) is 6.14. The Bertz CT molecular complexity index is 1140. The molecule has 0 atom stereocenters. The summed E-state index contributed by atoms with van der Waals surface area (Å²) in [5, 5.41) is 9.98. The number of aromatic nitrogens is 4. The number of benzene rings is 2. The Balaban J connectivity index is 1.67. The molecule has 0 bridgehead atoms. The number of fused-ring (bicyclic) bond motifs is 1. The zero-order valence-electron chi connectivity index (χ0n) is 13.7. The Kier molecular flexibility index (Phi) is 4.76. The second-order valence-electron chi connectivity index (χ2n) is 5.59. The summed E-state index contributed by atoms with van der Waals surface area (Å²) in [5.41, 5.74) is 1.63. The van der Waals surface area contributed by atoms with Crippen LogP contribution in [0.5, 0.6) is 0 Å². The van der Waals surface area contributed by atoms with Crippen LogP contribution in [-0.2, 0) is 5.75 Å². The van der Waals surface area contributed by atoms with Crippen LogP contribution in [0.25, 0.3) is 16.0 Å². The maximum Gasteiger partial charge on any atom is 0.267 e. The number of thioether (sulfide) groups is 1. The topological polar surface area (TPSA) is 60.7 Å². The fourth-order valence-corrected chi connectivity index (χ4v) is 4.58. The van der Waals surface area contributed by atoms with Crippen molar-refractivity contribution in [3.05, 3.63) is 75.3 Å². The van der Waals surface area contributed by atoms with E-state index in [0.29, 0.717) is 26.9 Å². The van der Waals surface area contributed by atoms with Crippen LogP contribution >= 0.6 is 34.7 Å². The van der Waals surface area contributed by atoms with E-state index in [2.05, 4.69) is 27.3 Å². The van der Waals surface area contributed by atoms with Gasteiger partial charge in [-0.15, -0.1) is 10.2 Å². The Hall–Kier alpha value is -2.22. The van der Waals surface area contributed by atoms with Gasteiger partial charge in [-0.25, -0.2) is 9.55 Å². The molecule has 130 valence electrons. The second-order valence-corrected chi connectivity index (χ2v) is 8.20. The molecule has 0 saturated carbocycles. The summed E-state index contributed by atoms with van der Waals surface area (Å²) < 4.78 is 2.31. The molecule has 0 N–H and O–H groups in total. The van der Waals surface area contributed by atoms with E-state index in [-0.39, 0.29) is 5.56 Å². The van der Waals surface area contributed by atoms with Crippen molar-refractivity contribution in [2.75, 3.05) is 0 Å². The number of aryl methyl sites for hydroxylation is 1. The molecule has 0 radical (unpaired) electrons. The van der Waals surface area contributed by atoms with Crippen molar-refractivity contribution in [3.63, 3.8) is 0 Å². The Morgan fingerprint density at radius 2 is 1.96 bits per heavy atom. The summed E-state index contributed by atoms with van der Waals surface area (Å²) in [5.74, 6) is 1.36. The van der Waals surface area contributed by atoms with Crippen LogP contribution in [0, 0.1) is 6.92 Å². The molecular formula is C18H13ClN4OS2. The molecule has 2 aromatic carbocycles. The molecule has 26 heavy (non-hydrogen) atoms. The first-order chi connectivity index (χ1) is 12.6. The highest BCUT2D eigenvalue weighted by molar-refractivity contribution is 8.00. The number of halogens is 1. The van der Waals surface area contributed by atoms with E-state index in [9.17, 15) is 4.79 Å². The highest BCUT2D eigenvalue weighted by atomic mass is 35.5. The first kappa shape index (κ1) is 17.2. The molecule has 0 fully saturated rings. The van der Waals surface area contributed by atoms with Gasteiger partial charge in [0, 0.05) is 10.8 Å². The van der Waals surface area contributed by atoms with Gasteiger partial charge in [-0.05, 0) is 30.7 Å². The molecule has 0 aliphatic heterocycles. The summed E-state index contributed by atoms with van der Waals surface area (Å²) in [6, 6.07) is 15.2. The van der Waals surface area contributed by atoms with Gasteiger partial charge in [0.05, 0.1) is 10.9 Å². The van der Waals surface area contributed by atoms with Gasteiger partial charge in [-0.1, -0.05) is 65.0 Å². The Morgan fingerprint density at radius 1 is 1.15 bits per heavy atom. The largest absolute Gasteiger partial charge is 0.268 e. The fraction of sp³-hybridized carbons (Fsp3) is 0.111. The van der Waals surface area contributed by atoms with Gasteiger partial charge < -0.3 is 0 Å². The summed E-state index contributed by atoms with van der Waals surface area (Å²) in [6.07, 6.45) is 0. The highest BCUT2D eigenvalue weighted by Crippen LogP contribution is 2.28. The minimum Gasteiger partial charge on any atom is -0.268 e. The Labute approximate surface area is 162 Å². The average Bonchev–Trinajstić information content (AvgIpc) is 3.09. The minimum absolute atomic E-state index is 0.167. The van der Waals surface area contributed by atoms with E-state index in [1.54, 1.807) is 36.9 Å². The SMILES string of the molecule is Cc1nc2cc(Cl)ccc2c(=O)n1-c1nnc(SCc2ccccc2)s1. The molecule has 0 spiro atoms. The van der Waals surface area contributed by atoms with Crippen LogP contribution in [0.3, 0.4) is 0 Å². The summed E-state index contributed by atoms with van der Waals surface area (Å²) in [6.45, 7) is 1.78. The average molecular weight is 401 g/mol. The maximum absolute atomic E-state index is 12.9. The van der Waals surface area contributed by atoms with E-state index >= 15 is 0 Å². The molecule has 4 aromatic rings. The lowest BCUT2D eigenvalue weighted by Gasteiger charge is -2.07. The molecule has 8 heteroatoms. The Morgan fingerprint density at radius 3 is 2.77 bits per heavy atom. The molecule has 0 aliphatic rings. The predicted octanol–water partition coefficient (Wildman–Crippen LogP) is 4.49. The second kappa shape index (κ2) is 7.19. The van der Waals surface area contributed by atoms with E-state index in [1.165, 1.54) is 21.5 Å². The number of nitrogens with zero attached hydrogens (tertiary/aromatic N) is 4. The van der Waals surface area contributed by atoms with E-state index in [0.717, 1.165) is 10.1 Å². The van der Waals surface area contributed by atoms with Crippen molar-refractivity contribution >= 4 is 45.6 Å². The quantitative estimate of drug-likeness (QED) is 0.472. The lowest BCUT2D eigenvalue weighted by atomic mass is 10.2. The van der Waals surface area contributed by atoms with Gasteiger partial charge >= 0.3 is 0 Å². The van der Waals surface area contributed by atoms with Gasteiger partial charge in [0.1, 0.15) is 5.82 Å². The standard InChI is InChI=1S/C18H13ClN4OS2/c1-11-20-15-9-13(19)7-8-14(15)16(24)23(11)17-21-22-18(26-17)25-10-12-5-3-2-4-6-12/h2-9H,10H2,1H3. The summed E-state index contributed by atoms with van der Waals surface area (Å²) in [4.78, 5) is 17.3. The zero-order chi connectivity index (χ0) is 18.1. The third kappa shape index (κ3) is 3.38. The van der Waals surface area contributed by atoms with Gasteiger partial charge in [-0.3, -0.25) is 4.79 Å². The molecule has 4 rings (SSSR count). The summed E-state index contributed by atoms with van der Waals surface area (Å²) >= 11 is 8.98. The highest BCUT2D eigenvalue weighted by Gasteiger charge is 2.14. The van der Waals surface area contributed by atoms with Crippen LogP contribution in [0.15, 0.2) is 57.7 Å². The zero-order valence-corrected chi connectivity index (χ0v) is 16.1. The van der Waals surface area contributed by atoms with Crippen LogP contribution in [0.1, 0.15) is 11.4 Å². The van der Waals surface area contributed by atoms with Crippen molar-refractivity contribution in [2.45, 2.75) is 17.0 Å². The van der Waals surface area contributed by atoms with Gasteiger partial charge in [0.25, 0.3) is 5.56 Å². The lowest BCUT2D eigenvalue weighted by Crippen LogP contribution is -2.22. The van der Waals surface area contributed by atoms with E-state index < -0.39 is 0 Å². The smallest absolute Gasteiger partial charge is 0.267 e. The van der Waals surface area contributed by atoms with Crippen molar-refractivity contribution in [2.24, 2.45) is 0 Å². The van der Waals surface area contributed by atoms with Crippen molar-refractivity contribution in [3.8, 4) is 5.13 Å². The van der Waals surface area contributed by atoms with Crippen molar-refractivity contribution in [1.29, 1.82) is 0 Å². The van der Waals surface area contributed by atoms with Crippen molar-refractivity contribution in [1.82, 2.24) is 19.7 Å². The molecule has 0 unspecified atom stereocenters. The molecule has 2 aromatic heterocycles. The monoisotopic (exact) mass is 400 g/mol. The first-order valence-corrected chi connectivity index (χ1v) is 9.99. The van der Waals surface area contributed by atoms with Gasteiger partial charge in [-0.2, -0.15) is 0 Å². The van der Waals surface area contributed by atoms with Crippen LogP contribution in [-0.4, -0.2) is 19.7 Å². The number of hydrogen-bond acceptors (Lipinski definition) is 6. The lowest BCUT2D eigenvalue weighted by molar-refractivity contribution is 0.854. The molecule has 0 aliphatic carbocycles. The van der Waals surface area contributed by atoms with E-state index in [1.807, 2.05) is 18.2 Å². The van der Waals surface area contributed by atoms with Crippen LogP contribution in [0.2, 0.25) is 5.02 Å². The number of hydrogen-bond donors (Lipinski definition) is 0. The molecule has 0 amide bonds. The molecule has 5 nitrogen and oxygen atoms in total. The van der Waals surface area contributed by atoms with Crippen molar-refractivity contribution < 1.29 is 0 Å².